The molecule has 0 saturated carbocycles. The van der Waals surface area contributed by atoms with Crippen molar-refractivity contribution in [3.8, 4) is 0 Å². The molecule has 4 heteroatoms. The highest BCUT2D eigenvalue weighted by Crippen LogP contribution is 2.29. The smallest absolute Gasteiger partial charge is 0.303 e. The van der Waals surface area contributed by atoms with Gasteiger partial charge in [0.05, 0.1) is 5.92 Å². The number of alkyl halides is 3. The van der Waals surface area contributed by atoms with Crippen molar-refractivity contribution in [3.05, 3.63) is 0 Å². The molecule has 0 aliphatic carbocycles. The number of carbonyl (C=O) groups is 1. The van der Waals surface area contributed by atoms with Crippen molar-refractivity contribution in [1.82, 2.24) is 0 Å². The minimum atomic E-state index is -4.11. The number of carbonyl (C=O) groups excluding carboxylic acids is 1. The third-order valence-corrected chi connectivity index (χ3v) is 1.52. The van der Waals surface area contributed by atoms with Crippen LogP contribution in [0.5, 0.6) is 0 Å². The molecular formula is C7H11F3O. The summed E-state index contributed by atoms with van der Waals surface area (Å²) < 4.78 is 35.4. The maximum atomic E-state index is 11.8. The fourth-order valence-corrected chi connectivity index (χ4v) is 0.671. The molecule has 0 spiro atoms. The molecule has 0 amide bonds. The van der Waals surface area contributed by atoms with Crippen molar-refractivity contribution in [2.75, 3.05) is 0 Å². The number of hydrogen-bond donors (Lipinski definition) is 0. The highest BCUT2D eigenvalue weighted by molar-refractivity contribution is 5.48. The molecule has 0 aliphatic heterocycles. The second-order valence-corrected chi connectivity index (χ2v) is 2.54. The van der Waals surface area contributed by atoms with Gasteiger partial charge in [-0.3, -0.25) is 0 Å². The van der Waals surface area contributed by atoms with Crippen LogP contribution >= 0.6 is 0 Å². The lowest BCUT2D eigenvalue weighted by atomic mass is 10.0. The van der Waals surface area contributed by atoms with Crippen LogP contribution in [-0.4, -0.2) is 12.5 Å². The molecule has 0 fully saturated rings. The van der Waals surface area contributed by atoms with Crippen LogP contribution in [0.2, 0.25) is 0 Å². The molecule has 0 aromatic heterocycles. The van der Waals surface area contributed by atoms with E-state index in [0.29, 0.717) is 12.7 Å². The lowest BCUT2D eigenvalue weighted by molar-refractivity contribution is -0.171. The van der Waals surface area contributed by atoms with E-state index in [0.717, 1.165) is 6.92 Å². The summed E-state index contributed by atoms with van der Waals surface area (Å²) in [5, 5.41) is 0. The van der Waals surface area contributed by atoms with Crippen molar-refractivity contribution in [3.63, 3.8) is 0 Å². The Hall–Kier alpha value is -0.540. The van der Waals surface area contributed by atoms with Crippen molar-refractivity contribution < 1.29 is 18.0 Å². The summed E-state index contributed by atoms with van der Waals surface area (Å²) in [7, 11) is 0. The van der Waals surface area contributed by atoms with Crippen LogP contribution in [0.4, 0.5) is 13.2 Å². The molecule has 0 rings (SSSR count). The van der Waals surface area contributed by atoms with Gasteiger partial charge in [-0.15, -0.1) is 0 Å². The van der Waals surface area contributed by atoms with Gasteiger partial charge in [-0.2, -0.15) is 13.2 Å². The predicted molar refractivity (Wildman–Crippen MR) is 35.1 cm³/mol. The van der Waals surface area contributed by atoms with Crippen molar-refractivity contribution in [1.29, 1.82) is 0 Å². The summed E-state index contributed by atoms with van der Waals surface area (Å²) in [6.45, 7) is 1.13. The molecule has 0 aromatic carbocycles. The molecule has 0 aliphatic rings. The van der Waals surface area contributed by atoms with Crippen LogP contribution < -0.4 is 0 Å². The van der Waals surface area contributed by atoms with Crippen LogP contribution in [-0.2, 0) is 4.79 Å². The van der Waals surface area contributed by atoms with Gasteiger partial charge in [0.15, 0.2) is 0 Å². The van der Waals surface area contributed by atoms with Gasteiger partial charge < -0.3 is 4.79 Å². The van der Waals surface area contributed by atoms with Gasteiger partial charge in [-0.05, 0) is 12.8 Å². The minimum absolute atomic E-state index is 0.0439. The SMILES string of the molecule is C[C@H](CCCC=O)C(F)(F)F. The van der Waals surface area contributed by atoms with Gasteiger partial charge in [0.1, 0.15) is 6.29 Å². The molecule has 11 heavy (non-hydrogen) atoms. The Bertz CT molecular complexity index is 119. The topological polar surface area (TPSA) is 17.1 Å². The van der Waals surface area contributed by atoms with E-state index in [1.165, 1.54) is 0 Å². The zero-order chi connectivity index (χ0) is 8.91. The summed E-state index contributed by atoms with van der Waals surface area (Å²) >= 11 is 0. The fourth-order valence-electron chi connectivity index (χ4n) is 0.671. The molecule has 0 bridgehead atoms. The third kappa shape index (κ3) is 4.81. The Morgan fingerprint density at radius 1 is 1.45 bits per heavy atom. The Labute approximate surface area is 63.6 Å². The second-order valence-electron chi connectivity index (χ2n) is 2.54. The number of rotatable bonds is 4. The van der Waals surface area contributed by atoms with Gasteiger partial charge in [0.25, 0.3) is 0 Å². The average molecular weight is 168 g/mol. The van der Waals surface area contributed by atoms with Crippen molar-refractivity contribution in [2.24, 2.45) is 5.92 Å². The van der Waals surface area contributed by atoms with E-state index in [2.05, 4.69) is 0 Å². The number of aldehydes is 1. The zero-order valence-corrected chi connectivity index (χ0v) is 6.32. The summed E-state index contributed by atoms with van der Waals surface area (Å²) in [5.74, 6) is -1.29. The lowest BCUT2D eigenvalue weighted by Gasteiger charge is -2.13. The molecule has 0 aromatic rings. The van der Waals surface area contributed by atoms with Gasteiger partial charge >= 0.3 is 6.18 Å². The van der Waals surface area contributed by atoms with Crippen LogP contribution in [0, 0.1) is 5.92 Å². The molecule has 0 N–H and O–H groups in total. The molecule has 0 heterocycles. The predicted octanol–water partition coefficient (Wildman–Crippen LogP) is 2.55. The standard InChI is InChI=1S/C7H11F3O/c1-6(7(8,9)10)4-2-3-5-11/h5-6H,2-4H2,1H3/t6-/m1/s1. The Balaban J connectivity index is 3.52. The molecule has 0 unspecified atom stereocenters. The second kappa shape index (κ2) is 4.36. The van der Waals surface area contributed by atoms with Gasteiger partial charge in [-0.1, -0.05) is 6.92 Å². The summed E-state index contributed by atoms with van der Waals surface area (Å²) in [4.78, 5) is 9.75. The largest absolute Gasteiger partial charge is 0.391 e. The van der Waals surface area contributed by atoms with Crippen LogP contribution in [0.3, 0.4) is 0 Å². The number of hydrogen-bond acceptors (Lipinski definition) is 1. The number of unbranched alkanes of at least 4 members (excludes halogenated alkanes) is 1. The minimum Gasteiger partial charge on any atom is -0.303 e. The Morgan fingerprint density at radius 2 is 2.00 bits per heavy atom. The van der Waals surface area contributed by atoms with E-state index in [4.69, 9.17) is 0 Å². The van der Waals surface area contributed by atoms with E-state index in [-0.39, 0.29) is 12.8 Å². The maximum Gasteiger partial charge on any atom is 0.391 e. The summed E-state index contributed by atoms with van der Waals surface area (Å²) in [6.07, 6.45) is -2.88. The van der Waals surface area contributed by atoms with Crippen molar-refractivity contribution >= 4 is 6.29 Å². The third-order valence-electron chi connectivity index (χ3n) is 1.52. The highest BCUT2D eigenvalue weighted by atomic mass is 19.4. The maximum absolute atomic E-state index is 11.8. The average Bonchev–Trinajstić information content (AvgIpc) is 1.86. The van der Waals surface area contributed by atoms with Gasteiger partial charge in [0, 0.05) is 6.42 Å². The van der Waals surface area contributed by atoms with Crippen molar-refractivity contribution in [2.45, 2.75) is 32.4 Å². The zero-order valence-electron chi connectivity index (χ0n) is 6.32. The number of halogens is 3. The first-order valence-electron chi connectivity index (χ1n) is 3.49. The molecule has 0 saturated heterocycles. The highest BCUT2D eigenvalue weighted by Gasteiger charge is 2.34. The summed E-state index contributed by atoms with van der Waals surface area (Å²) in [6, 6.07) is 0. The monoisotopic (exact) mass is 168 g/mol. The van der Waals surface area contributed by atoms with Crippen LogP contribution in [0.25, 0.3) is 0 Å². The lowest BCUT2D eigenvalue weighted by Crippen LogP contribution is -2.19. The Kier molecular flexibility index (Phi) is 4.15. The first kappa shape index (κ1) is 10.5. The van der Waals surface area contributed by atoms with Crippen LogP contribution in [0.15, 0.2) is 0 Å². The molecular weight excluding hydrogens is 157 g/mol. The Morgan fingerprint density at radius 3 is 2.36 bits per heavy atom. The normalized spacial score (nSPS) is 14.5. The summed E-state index contributed by atoms with van der Waals surface area (Å²) in [5.41, 5.74) is 0. The van der Waals surface area contributed by atoms with E-state index in [9.17, 15) is 18.0 Å². The molecule has 66 valence electrons. The van der Waals surface area contributed by atoms with Gasteiger partial charge in [-0.25, -0.2) is 0 Å². The molecule has 0 radical (unpaired) electrons. The molecule has 1 nitrogen and oxygen atoms in total. The van der Waals surface area contributed by atoms with E-state index in [1.54, 1.807) is 0 Å². The van der Waals surface area contributed by atoms with Gasteiger partial charge in [0.2, 0.25) is 0 Å². The first-order valence-corrected chi connectivity index (χ1v) is 3.49. The van der Waals surface area contributed by atoms with E-state index in [1.807, 2.05) is 0 Å². The van der Waals surface area contributed by atoms with Crippen LogP contribution in [0.1, 0.15) is 26.2 Å². The quantitative estimate of drug-likeness (QED) is 0.465. The first-order chi connectivity index (χ1) is 4.98. The fraction of sp³-hybridized carbons (Fsp3) is 0.857. The van der Waals surface area contributed by atoms with E-state index < -0.39 is 12.1 Å². The van der Waals surface area contributed by atoms with E-state index >= 15 is 0 Å². The molecule has 1 atom stereocenters.